The van der Waals surface area contributed by atoms with E-state index in [1.807, 2.05) is 53.4 Å². The van der Waals surface area contributed by atoms with E-state index < -0.39 is 0 Å². The van der Waals surface area contributed by atoms with E-state index in [4.69, 9.17) is 4.74 Å². The van der Waals surface area contributed by atoms with Crippen LogP contribution in [0, 0.1) is 0 Å². The first kappa shape index (κ1) is 18.9. The summed E-state index contributed by atoms with van der Waals surface area (Å²) >= 11 is 0. The van der Waals surface area contributed by atoms with Crippen molar-refractivity contribution in [3.63, 3.8) is 0 Å². The van der Waals surface area contributed by atoms with E-state index in [0.29, 0.717) is 25.3 Å². The number of anilines is 1. The number of amides is 2. The van der Waals surface area contributed by atoms with Crippen LogP contribution < -0.4 is 20.3 Å². The van der Waals surface area contributed by atoms with Gasteiger partial charge >= 0.3 is 0 Å². The summed E-state index contributed by atoms with van der Waals surface area (Å²) in [7, 11) is 1.59. The van der Waals surface area contributed by atoms with Crippen LogP contribution in [0.4, 0.5) is 5.69 Å². The third kappa shape index (κ3) is 5.08. The maximum atomic E-state index is 11.8. The number of benzene rings is 2. The summed E-state index contributed by atoms with van der Waals surface area (Å²) in [4.78, 5) is 25.0. The smallest absolute Gasteiger partial charge is 0.257 e. The normalized spacial score (nSPS) is 13.7. The molecule has 2 amide bonds. The Morgan fingerprint density at radius 3 is 2.59 bits per heavy atom. The second-order valence-corrected chi connectivity index (χ2v) is 6.49. The van der Waals surface area contributed by atoms with Gasteiger partial charge in [-0.25, -0.2) is 0 Å². The zero-order chi connectivity index (χ0) is 19.1. The van der Waals surface area contributed by atoms with Gasteiger partial charge in [0, 0.05) is 44.4 Å². The highest BCUT2D eigenvalue weighted by molar-refractivity contribution is 5.95. The summed E-state index contributed by atoms with van der Waals surface area (Å²) in [5, 5.41) is 5.94. The Labute approximate surface area is 159 Å². The van der Waals surface area contributed by atoms with Crippen molar-refractivity contribution >= 4 is 17.5 Å². The second kappa shape index (κ2) is 9.19. The fourth-order valence-corrected chi connectivity index (χ4v) is 3.06. The Morgan fingerprint density at radius 1 is 1.11 bits per heavy atom. The maximum Gasteiger partial charge on any atom is 0.257 e. The molecule has 0 atom stereocenters. The first-order chi connectivity index (χ1) is 13.2. The summed E-state index contributed by atoms with van der Waals surface area (Å²) in [6.07, 6.45) is 1.58. The minimum atomic E-state index is -0.158. The van der Waals surface area contributed by atoms with E-state index >= 15 is 0 Å². The number of nitrogens with zero attached hydrogens (tertiary/aromatic N) is 1. The summed E-state index contributed by atoms with van der Waals surface area (Å²) < 4.78 is 5.59. The zero-order valence-electron chi connectivity index (χ0n) is 15.5. The van der Waals surface area contributed by atoms with E-state index in [0.717, 1.165) is 29.8 Å². The number of ether oxygens (including phenoxy) is 1. The van der Waals surface area contributed by atoms with Crippen LogP contribution in [0.1, 0.15) is 24.0 Å². The molecule has 0 aliphatic carbocycles. The Morgan fingerprint density at radius 2 is 1.89 bits per heavy atom. The van der Waals surface area contributed by atoms with E-state index in [9.17, 15) is 9.59 Å². The van der Waals surface area contributed by atoms with Crippen LogP contribution in [0.15, 0.2) is 48.5 Å². The molecule has 0 radical (unpaired) electrons. The molecule has 1 fully saturated rings. The molecule has 142 valence electrons. The van der Waals surface area contributed by atoms with Gasteiger partial charge in [-0.15, -0.1) is 0 Å². The van der Waals surface area contributed by atoms with Gasteiger partial charge in [-0.2, -0.15) is 0 Å². The molecule has 2 aromatic carbocycles. The minimum absolute atomic E-state index is 0.00416. The van der Waals surface area contributed by atoms with Gasteiger partial charge in [0.1, 0.15) is 5.75 Å². The standard InChI is InChI=1S/C21H25N3O3/c1-22-20(25)15-27-19-6-3-2-5-17(19)14-23-13-16-8-10-18(11-9-16)24-12-4-7-21(24)26/h2-3,5-6,8-11,23H,4,7,12-15H2,1H3,(H,22,25). The van der Waals surface area contributed by atoms with Gasteiger partial charge in [0.25, 0.3) is 5.91 Å². The molecule has 6 nitrogen and oxygen atoms in total. The average molecular weight is 367 g/mol. The van der Waals surface area contributed by atoms with E-state index in [1.165, 1.54) is 0 Å². The highest BCUT2D eigenvalue weighted by atomic mass is 16.5. The summed E-state index contributed by atoms with van der Waals surface area (Å²) in [5.41, 5.74) is 3.11. The first-order valence-electron chi connectivity index (χ1n) is 9.18. The van der Waals surface area contributed by atoms with Crippen LogP contribution in [0.2, 0.25) is 0 Å². The number of hydrogen-bond acceptors (Lipinski definition) is 4. The van der Waals surface area contributed by atoms with Crippen molar-refractivity contribution in [1.29, 1.82) is 0 Å². The number of nitrogens with one attached hydrogen (secondary N) is 2. The quantitative estimate of drug-likeness (QED) is 0.751. The Hall–Kier alpha value is -2.86. The zero-order valence-corrected chi connectivity index (χ0v) is 15.5. The average Bonchev–Trinajstić information content (AvgIpc) is 3.13. The minimum Gasteiger partial charge on any atom is -0.483 e. The van der Waals surface area contributed by atoms with Crippen molar-refractivity contribution < 1.29 is 14.3 Å². The molecule has 0 aromatic heterocycles. The number of para-hydroxylation sites is 1. The van der Waals surface area contributed by atoms with Crippen molar-refractivity contribution in [2.24, 2.45) is 0 Å². The fraction of sp³-hybridized carbons (Fsp3) is 0.333. The molecule has 1 aliphatic rings. The van der Waals surface area contributed by atoms with Gasteiger partial charge in [-0.3, -0.25) is 9.59 Å². The predicted molar refractivity (Wildman–Crippen MR) is 105 cm³/mol. The number of rotatable bonds is 8. The monoisotopic (exact) mass is 367 g/mol. The molecule has 1 aliphatic heterocycles. The van der Waals surface area contributed by atoms with Crippen molar-refractivity contribution in [3.8, 4) is 5.75 Å². The molecule has 27 heavy (non-hydrogen) atoms. The number of hydrogen-bond donors (Lipinski definition) is 2. The van der Waals surface area contributed by atoms with Crippen LogP contribution in [-0.4, -0.2) is 32.0 Å². The SMILES string of the molecule is CNC(=O)COc1ccccc1CNCc1ccc(N2CCCC2=O)cc1. The Kier molecular flexibility index (Phi) is 6.44. The summed E-state index contributed by atoms with van der Waals surface area (Å²) in [6, 6.07) is 15.8. The highest BCUT2D eigenvalue weighted by Gasteiger charge is 2.21. The van der Waals surface area contributed by atoms with Crippen molar-refractivity contribution in [1.82, 2.24) is 10.6 Å². The molecule has 0 saturated carbocycles. The van der Waals surface area contributed by atoms with Crippen LogP contribution in [-0.2, 0) is 22.7 Å². The van der Waals surface area contributed by atoms with Crippen molar-refractivity contribution in [2.45, 2.75) is 25.9 Å². The third-order valence-electron chi connectivity index (χ3n) is 4.58. The number of carbonyl (C=O) groups is 2. The maximum absolute atomic E-state index is 11.8. The molecule has 0 bridgehead atoms. The molecule has 3 rings (SSSR count). The first-order valence-corrected chi connectivity index (χ1v) is 9.18. The molecular weight excluding hydrogens is 342 g/mol. The molecule has 6 heteroatoms. The predicted octanol–water partition coefficient (Wildman–Crippen LogP) is 2.23. The van der Waals surface area contributed by atoms with Gasteiger partial charge < -0.3 is 20.3 Å². The largest absolute Gasteiger partial charge is 0.483 e. The lowest BCUT2D eigenvalue weighted by atomic mass is 10.1. The fourth-order valence-electron chi connectivity index (χ4n) is 3.06. The van der Waals surface area contributed by atoms with E-state index in [2.05, 4.69) is 10.6 Å². The van der Waals surface area contributed by atoms with Crippen LogP contribution in [0.25, 0.3) is 0 Å². The summed E-state index contributed by atoms with van der Waals surface area (Å²) in [5.74, 6) is 0.750. The molecule has 2 N–H and O–H groups in total. The van der Waals surface area contributed by atoms with Gasteiger partial charge in [0.2, 0.25) is 5.91 Å². The third-order valence-corrected chi connectivity index (χ3v) is 4.58. The molecule has 2 aromatic rings. The molecule has 1 heterocycles. The van der Waals surface area contributed by atoms with E-state index in [-0.39, 0.29) is 18.4 Å². The highest BCUT2D eigenvalue weighted by Crippen LogP contribution is 2.22. The van der Waals surface area contributed by atoms with Gasteiger partial charge in [-0.05, 0) is 30.2 Å². The Balaban J connectivity index is 1.52. The lowest BCUT2D eigenvalue weighted by Gasteiger charge is -2.16. The van der Waals surface area contributed by atoms with Crippen LogP contribution in [0.3, 0.4) is 0 Å². The molecule has 1 saturated heterocycles. The lowest BCUT2D eigenvalue weighted by molar-refractivity contribution is -0.122. The van der Waals surface area contributed by atoms with Crippen LogP contribution in [0.5, 0.6) is 5.75 Å². The van der Waals surface area contributed by atoms with Gasteiger partial charge in [0.15, 0.2) is 6.61 Å². The van der Waals surface area contributed by atoms with Gasteiger partial charge in [-0.1, -0.05) is 30.3 Å². The number of carbonyl (C=O) groups excluding carboxylic acids is 2. The lowest BCUT2D eigenvalue weighted by Crippen LogP contribution is -2.25. The number of likely N-dealkylation sites (N-methyl/N-ethyl adjacent to an activating group) is 1. The van der Waals surface area contributed by atoms with Crippen molar-refractivity contribution in [3.05, 3.63) is 59.7 Å². The Bertz CT molecular complexity index is 790. The van der Waals surface area contributed by atoms with Gasteiger partial charge in [0.05, 0.1) is 0 Å². The summed E-state index contributed by atoms with van der Waals surface area (Å²) in [6.45, 7) is 2.15. The second-order valence-electron chi connectivity index (χ2n) is 6.49. The van der Waals surface area contributed by atoms with Crippen LogP contribution >= 0.6 is 0 Å². The van der Waals surface area contributed by atoms with E-state index in [1.54, 1.807) is 7.05 Å². The molecule has 0 unspecified atom stereocenters. The molecular formula is C21H25N3O3. The topological polar surface area (TPSA) is 70.7 Å². The molecule has 0 spiro atoms. The van der Waals surface area contributed by atoms with Crippen molar-refractivity contribution in [2.75, 3.05) is 25.1 Å².